The van der Waals surface area contributed by atoms with Crippen molar-refractivity contribution in [1.29, 1.82) is 0 Å². The molecule has 0 spiro atoms. The molecule has 2 heterocycles. The summed E-state index contributed by atoms with van der Waals surface area (Å²) < 4.78 is 10.5. The summed E-state index contributed by atoms with van der Waals surface area (Å²) in [6.07, 6.45) is 0. The van der Waals surface area contributed by atoms with E-state index in [0.29, 0.717) is 29.9 Å². The van der Waals surface area contributed by atoms with Gasteiger partial charge in [0.2, 0.25) is 0 Å². The van der Waals surface area contributed by atoms with Crippen LogP contribution in [0.3, 0.4) is 0 Å². The molecule has 0 aliphatic rings. The van der Waals surface area contributed by atoms with E-state index < -0.39 is 0 Å². The fourth-order valence-electron chi connectivity index (χ4n) is 1.21. The smallest absolute Gasteiger partial charge is 0.295 e. The highest BCUT2D eigenvalue weighted by atomic mass is 16.5. The molecular weight excluding hydrogens is 208 g/mol. The Balaban J connectivity index is 2.24. The Kier molecular flexibility index (Phi) is 2.91. The first-order valence-electron chi connectivity index (χ1n) is 5.08. The minimum atomic E-state index is 0.357. The largest absolute Gasteiger partial charge is 0.455 e. The van der Waals surface area contributed by atoms with Crippen molar-refractivity contribution < 1.29 is 8.94 Å². The molecule has 0 saturated carbocycles. The standard InChI is InChI=1S/C10H14N4O2/c1-3-14(2)10-12-9(16-13-10)8-5-4-7(6-11)15-8/h4-5H,3,6,11H2,1-2H3. The molecule has 0 fully saturated rings. The molecule has 0 radical (unpaired) electrons. The molecule has 2 aromatic rings. The van der Waals surface area contributed by atoms with Gasteiger partial charge in [0.05, 0.1) is 6.54 Å². The zero-order chi connectivity index (χ0) is 11.5. The van der Waals surface area contributed by atoms with E-state index in [1.54, 1.807) is 12.1 Å². The fourth-order valence-corrected chi connectivity index (χ4v) is 1.21. The molecule has 2 N–H and O–H groups in total. The van der Waals surface area contributed by atoms with Crippen molar-refractivity contribution in [2.75, 3.05) is 18.5 Å². The van der Waals surface area contributed by atoms with Gasteiger partial charge in [0.15, 0.2) is 5.76 Å². The van der Waals surface area contributed by atoms with Crippen LogP contribution in [0.1, 0.15) is 12.7 Å². The molecule has 0 bridgehead atoms. The predicted molar refractivity (Wildman–Crippen MR) is 58.8 cm³/mol. The van der Waals surface area contributed by atoms with Crippen molar-refractivity contribution in [3.05, 3.63) is 17.9 Å². The molecule has 2 rings (SSSR count). The molecule has 2 aromatic heterocycles. The molecular formula is C10H14N4O2. The third-order valence-electron chi connectivity index (χ3n) is 2.30. The van der Waals surface area contributed by atoms with Crippen LogP contribution < -0.4 is 10.6 Å². The molecule has 0 atom stereocenters. The first-order chi connectivity index (χ1) is 7.74. The van der Waals surface area contributed by atoms with E-state index in [1.165, 1.54) is 0 Å². The van der Waals surface area contributed by atoms with Crippen LogP contribution in [0, 0.1) is 0 Å². The van der Waals surface area contributed by atoms with Crippen molar-refractivity contribution in [2.24, 2.45) is 5.73 Å². The van der Waals surface area contributed by atoms with Gasteiger partial charge in [-0.1, -0.05) is 0 Å². The van der Waals surface area contributed by atoms with E-state index in [9.17, 15) is 0 Å². The topological polar surface area (TPSA) is 81.3 Å². The Morgan fingerprint density at radius 2 is 2.25 bits per heavy atom. The van der Waals surface area contributed by atoms with Gasteiger partial charge in [-0.15, -0.1) is 0 Å². The van der Waals surface area contributed by atoms with Crippen LogP contribution >= 0.6 is 0 Å². The van der Waals surface area contributed by atoms with Crippen LogP contribution in [0.4, 0.5) is 5.95 Å². The maximum atomic E-state index is 5.45. The van der Waals surface area contributed by atoms with E-state index in [1.807, 2.05) is 18.9 Å². The number of hydrogen-bond donors (Lipinski definition) is 1. The second-order valence-corrected chi connectivity index (χ2v) is 3.38. The summed E-state index contributed by atoms with van der Waals surface area (Å²) in [5, 5.41) is 3.85. The first kappa shape index (κ1) is 10.7. The Hall–Kier alpha value is -1.82. The highest BCUT2D eigenvalue weighted by Crippen LogP contribution is 2.22. The van der Waals surface area contributed by atoms with Gasteiger partial charge < -0.3 is 19.6 Å². The van der Waals surface area contributed by atoms with Crippen LogP contribution in [0.5, 0.6) is 0 Å². The van der Waals surface area contributed by atoms with Crippen molar-refractivity contribution in [3.63, 3.8) is 0 Å². The molecule has 0 unspecified atom stereocenters. The summed E-state index contributed by atoms with van der Waals surface area (Å²) in [7, 11) is 1.89. The third kappa shape index (κ3) is 1.92. The first-order valence-corrected chi connectivity index (χ1v) is 5.08. The lowest BCUT2D eigenvalue weighted by Gasteiger charge is -2.08. The second kappa shape index (κ2) is 4.36. The summed E-state index contributed by atoms with van der Waals surface area (Å²) in [6.45, 7) is 3.18. The van der Waals surface area contributed by atoms with Crippen LogP contribution in [0.25, 0.3) is 11.7 Å². The molecule has 16 heavy (non-hydrogen) atoms. The van der Waals surface area contributed by atoms with Crippen molar-refractivity contribution >= 4 is 5.95 Å². The molecule has 0 aliphatic heterocycles. The number of nitrogens with zero attached hydrogens (tertiary/aromatic N) is 3. The summed E-state index contributed by atoms with van der Waals surface area (Å²) >= 11 is 0. The lowest BCUT2D eigenvalue weighted by Crippen LogP contribution is -2.16. The number of hydrogen-bond acceptors (Lipinski definition) is 6. The molecule has 0 amide bonds. The summed E-state index contributed by atoms with van der Waals surface area (Å²) in [5.74, 6) is 2.15. The fraction of sp³-hybridized carbons (Fsp3) is 0.400. The van der Waals surface area contributed by atoms with Gasteiger partial charge in [0.25, 0.3) is 11.8 Å². The van der Waals surface area contributed by atoms with E-state index >= 15 is 0 Å². The van der Waals surface area contributed by atoms with Gasteiger partial charge in [-0.25, -0.2) is 0 Å². The van der Waals surface area contributed by atoms with Crippen LogP contribution in [-0.4, -0.2) is 23.7 Å². The minimum Gasteiger partial charge on any atom is -0.455 e. The average molecular weight is 222 g/mol. The van der Waals surface area contributed by atoms with Gasteiger partial charge in [-0.3, -0.25) is 0 Å². The maximum absolute atomic E-state index is 5.45. The van der Waals surface area contributed by atoms with E-state index in [-0.39, 0.29) is 0 Å². The van der Waals surface area contributed by atoms with Crippen LogP contribution in [0.2, 0.25) is 0 Å². The average Bonchev–Trinajstić information content (AvgIpc) is 2.95. The zero-order valence-electron chi connectivity index (χ0n) is 9.30. The summed E-state index contributed by atoms with van der Waals surface area (Å²) in [6, 6.07) is 3.56. The number of furan rings is 1. The third-order valence-corrected chi connectivity index (χ3v) is 2.30. The highest BCUT2D eigenvalue weighted by Gasteiger charge is 2.14. The lowest BCUT2D eigenvalue weighted by atomic mass is 10.4. The molecule has 86 valence electrons. The maximum Gasteiger partial charge on any atom is 0.295 e. The predicted octanol–water partition coefficient (Wildman–Crippen LogP) is 1.24. The van der Waals surface area contributed by atoms with Gasteiger partial charge >= 0.3 is 0 Å². The number of anilines is 1. The van der Waals surface area contributed by atoms with Gasteiger partial charge in [-0.05, 0) is 24.2 Å². The molecule has 6 nitrogen and oxygen atoms in total. The van der Waals surface area contributed by atoms with Crippen molar-refractivity contribution in [3.8, 4) is 11.7 Å². The SMILES string of the molecule is CCN(C)c1noc(-c2ccc(CN)o2)n1. The van der Waals surface area contributed by atoms with E-state index in [2.05, 4.69) is 10.1 Å². The number of aromatic nitrogens is 2. The molecule has 0 saturated heterocycles. The Labute approximate surface area is 93.0 Å². The number of nitrogens with two attached hydrogens (primary N) is 1. The van der Waals surface area contributed by atoms with E-state index in [0.717, 1.165) is 6.54 Å². The number of rotatable bonds is 4. The Bertz CT molecular complexity index is 463. The quantitative estimate of drug-likeness (QED) is 0.838. The summed E-state index contributed by atoms with van der Waals surface area (Å²) in [4.78, 5) is 6.09. The normalized spacial score (nSPS) is 10.7. The van der Waals surface area contributed by atoms with Crippen LogP contribution in [-0.2, 0) is 6.54 Å². The van der Waals surface area contributed by atoms with Crippen molar-refractivity contribution in [1.82, 2.24) is 10.1 Å². The van der Waals surface area contributed by atoms with Gasteiger partial charge in [-0.2, -0.15) is 4.98 Å². The monoisotopic (exact) mass is 222 g/mol. The lowest BCUT2D eigenvalue weighted by molar-refractivity contribution is 0.410. The summed E-state index contributed by atoms with van der Waals surface area (Å²) in [5.41, 5.74) is 5.45. The molecule has 0 aliphatic carbocycles. The second-order valence-electron chi connectivity index (χ2n) is 3.38. The highest BCUT2D eigenvalue weighted by molar-refractivity contribution is 5.47. The van der Waals surface area contributed by atoms with Gasteiger partial charge in [0.1, 0.15) is 5.76 Å². The molecule has 6 heteroatoms. The Morgan fingerprint density at radius 3 is 2.88 bits per heavy atom. The Morgan fingerprint density at radius 1 is 1.44 bits per heavy atom. The van der Waals surface area contributed by atoms with E-state index in [4.69, 9.17) is 14.7 Å². The minimum absolute atomic E-state index is 0.357. The molecule has 0 aromatic carbocycles. The van der Waals surface area contributed by atoms with Crippen molar-refractivity contribution in [2.45, 2.75) is 13.5 Å². The van der Waals surface area contributed by atoms with Crippen LogP contribution in [0.15, 0.2) is 21.1 Å². The zero-order valence-corrected chi connectivity index (χ0v) is 9.30. The van der Waals surface area contributed by atoms with Gasteiger partial charge in [0, 0.05) is 13.6 Å².